The van der Waals surface area contributed by atoms with Gasteiger partial charge in [0, 0.05) is 0 Å². The number of hydrogen-bond acceptors (Lipinski definition) is 0. The minimum atomic E-state index is -0.826. The summed E-state index contributed by atoms with van der Waals surface area (Å²) in [7, 11) is 9.87. The summed E-state index contributed by atoms with van der Waals surface area (Å²) in [5.41, 5.74) is 4.04. The Bertz CT molecular complexity index is 1220. The summed E-state index contributed by atoms with van der Waals surface area (Å²) in [6.45, 7) is 22.1. The van der Waals surface area contributed by atoms with Crippen LogP contribution in [-0.4, -0.2) is 0 Å². The molecule has 0 nitrogen and oxygen atoms in total. The molecule has 0 amide bonds. The summed E-state index contributed by atoms with van der Waals surface area (Å²) in [5.74, 6) is 10.2. The van der Waals surface area contributed by atoms with E-state index >= 15 is 0 Å². The van der Waals surface area contributed by atoms with Crippen LogP contribution in [0, 0.1) is 103 Å². The van der Waals surface area contributed by atoms with Gasteiger partial charge in [0.1, 0.15) is 0 Å². The Morgan fingerprint density at radius 3 is 1.51 bits per heavy atom. The number of fused-ring (bicyclic) bond motifs is 2. The molecule has 0 radical (unpaired) electrons. The fraction of sp³-hybridized carbons (Fsp3) is 0.696. The van der Waals surface area contributed by atoms with Crippen LogP contribution in [0.25, 0.3) is 0 Å². The number of halogens is 2. The molecule has 3 heteroatoms. The summed E-state index contributed by atoms with van der Waals surface area (Å²) in [5, 5.41) is 0. The zero-order valence-electron chi connectivity index (χ0n) is 32.5. The van der Waals surface area contributed by atoms with E-state index < -0.39 is 20.8 Å². The molecule has 0 saturated heterocycles. The van der Waals surface area contributed by atoms with Gasteiger partial charge < -0.3 is 14.9 Å². The molecule has 0 bridgehead atoms. The van der Waals surface area contributed by atoms with Gasteiger partial charge in [0.2, 0.25) is 0 Å². The quantitative estimate of drug-likeness (QED) is 0.192. The van der Waals surface area contributed by atoms with Crippen LogP contribution in [0.2, 0.25) is 0 Å². The molecule has 6 rings (SSSR count). The summed E-state index contributed by atoms with van der Waals surface area (Å²) < 4.78 is 0. The molecule has 0 aromatic heterocycles. The molecule has 9 unspecified atom stereocenters. The average Bonchev–Trinajstić information content (AvgIpc) is 3.54. The number of hydrogen-bond donors (Lipinski definition) is 0. The van der Waals surface area contributed by atoms with E-state index in [1.807, 2.05) is 0 Å². The molecular weight excluding hydrogens is 715 g/mol. The van der Waals surface area contributed by atoms with Crippen molar-refractivity contribution >= 4 is 17.0 Å². The molecule has 0 spiro atoms. The summed E-state index contributed by atoms with van der Waals surface area (Å²) in [4.78, 5) is 0. The van der Waals surface area contributed by atoms with Crippen LogP contribution in [0.15, 0.2) is 71.9 Å². The molecule has 2 fully saturated rings. The molecule has 0 heterocycles. The van der Waals surface area contributed by atoms with Gasteiger partial charge in [-0.15, -0.1) is 0 Å². The van der Waals surface area contributed by atoms with Gasteiger partial charge in [0.15, 0.2) is 0 Å². The third kappa shape index (κ3) is 10.1. The maximum atomic E-state index is 4.93. The Morgan fingerprint density at radius 1 is 0.694 bits per heavy atom. The van der Waals surface area contributed by atoms with Crippen molar-refractivity contribution in [1.29, 1.82) is 0 Å². The molecular formula is C46H74Cl2Zr. The molecule has 0 aliphatic heterocycles. The molecule has 0 N–H and O–H groups in total. The van der Waals surface area contributed by atoms with Gasteiger partial charge in [-0.2, -0.15) is 0 Å². The van der Waals surface area contributed by atoms with E-state index in [9.17, 15) is 0 Å². The first kappa shape index (κ1) is 45.1. The third-order valence-electron chi connectivity index (χ3n) is 13.7. The minimum absolute atomic E-state index is 0. The summed E-state index contributed by atoms with van der Waals surface area (Å²) >= 11 is -0.826. The topological polar surface area (TPSA) is 0 Å². The second-order valence-corrected chi connectivity index (χ2v) is 22.3. The number of rotatable bonds is 5. The van der Waals surface area contributed by atoms with Crippen LogP contribution in [0.4, 0.5) is 0 Å². The molecule has 276 valence electrons. The average molecular weight is 789 g/mol. The van der Waals surface area contributed by atoms with Crippen LogP contribution in [-0.2, 0) is 20.8 Å². The zero-order chi connectivity index (χ0) is 33.4. The monoisotopic (exact) mass is 786 g/mol. The van der Waals surface area contributed by atoms with Gasteiger partial charge in [-0.1, -0.05) is 131 Å². The van der Waals surface area contributed by atoms with E-state index in [1.165, 1.54) is 44.9 Å². The Kier molecular flexibility index (Phi) is 17.3. The van der Waals surface area contributed by atoms with Gasteiger partial charge >= 0.3 is 37.9 Å². The Morgan fingerprint density at radius 2 is 1.12 bits per heavy atom. The van der Waals surface area contributed by atoms with Gasteiger partial charge in [-0.05, 0) is 144 Å². The number of allylic oxidation sites excluding steroid dienone is 12. The van der Waals surface area contributed by atoms with E-state index in [2.05, 4.69) is 123 Å². The van der Waals surface area contributed by atoms with Gasteiger partial charge in [-0.3, -0.25) is 0 Å². The van der Waals surface area contributed by atoms with Crippen LogP contribution in [0.5, 0.6) is 0 Å². The van der Waals surface area contributed by atoms with E-state index in [0.717, 1.165) is 65.1 Å². The molecule has 49 heavy (non-hydrogen) atoms. The van der Waals surface area contributed by atoms with E-state index in [-0.39, 0.29) is 22.3 Å². The second-order valence-electron chi connectivity index (χ2n) is 18.6. The zero-order valence-corrected chi connectivity index (χ0v) is 36.5. The van der Waals surface area contributed by atoms with Crippen molar-refractivity contribution < 1.29 is 20.8 Å². The summed E-state index contributed by atoms with van der Waals surface area (Å²) in [6.07, 6.45) is 35.3. The first-order valence-corrected chi connectivity index (χ1v) is 25.1. The fourth-order valence-corrected chi connectivity index (χ4v) is 10.9. The van der Waals surface area contributed by atoms with E-state index in [4.69, 9.17) is 17.0 Å². The molecule has 6 aliphatic rings. The van der Waals surface area contributed by atoms with Crippen LogP contribution in [0.1, 0.15) is 115 Å². The van der Waals surface area contributed by atoms with Crippen molar-refractivity contribution in [1.82, 2.24) is 0 Å². The van der Waals surface area contributed by atoms with Gasteiger partial charge in [0.25, 0.3) is 0 Å². The van der Waals surface area contributed by atoms with Crippen molar-refractivity contribution in [3.05, 3.63) is 86.8 Å². The van der Waals surface area contributed by atoms with E-state index in [0.29, 0.717) is 22.7 Å². The first-order valence-electron chi connectivity index (χ1n) is 18.8. The SMILES string of the molecule is C.CC(C)C1CC2C(C=CC[C@H]2C2=CC[C@@H](C(C)(C)C)C=C2)C1CC1C(C)CC2C1C=CC[C@H]2C1=CCC(C(C)(C)C)C=C1.[CH3-].[CH3-].[Cl][Zr+2][Cl]. The van der Waals surface area contributed by atoms with E-state index in [1.54, 1.807) is 11.1 Å². The predicted octanol–water partition coefficient (Wildman–Crippen LogP) is 15.0. The normalized spacial score (nSPS) is 37.6. The van der Waals surface area contributed by atoms with Crippen molar-refractivity contribution in [2.45, 2.75) is 115 Å². The molecule has 2 saturated carbocycles. The maximum absolute atomic E-state index is 4.93. The van der Waals surface area contributed by atoms with Crippen molar-refractivity contribution in [2.24, 2.45) is 87.8 Å². The summed E-state index contributed by atoms with van der Waals surface area (Å²) in [6, 6.07) is 0. The van der Waals surface area contributed by atoms with Crippen LogP contribution >= 0.6 is 17.0 Å². The standard InChI is InChI=1S/C43H64.CH4.2CH3.2ClH.Zr/c1-27(2)37-25-40-34(30-18-22-32(23-19-30)43(7,8)9)13-11-15-36(40)41(37)26-38-28(3)24-39-33(12-10-14-35(38)39)29-16-20-31(21-17-29)42(4,5)6;;;;;;/h10-11,14-20,22,27-28,31-41H,12-13,21,23-26H2,1-9H3;1H4;2*1H3;2*1H;/q;;2*-1;;;+4/p-2/t28?,31?,32-,33-,34-,35?,36?,37?,38?,39?,40?,41?;;;;;;/m0....../s1. The Balaban J connectivity index is 0.00000134. The molecule has 0 aromatic carbocycles. The molecule has 0 aromatic rings. The Labute approximate surface area is 324 Å². The van der Waals surface area contributed by atoms with Crippen LogP contribution < -0.4 is 0 Å². The molecule has 6 aliphatic carbocycles. The first-order chi connectivity index (χ1) is 21.7. The van der Waals surface area contributed by atoms with Crippen molar-refractivity contribution in [3.8, 4) is 0 Å². The molecule has 12 atom stereocenters. The van der Waals surface area contributed by atoms with Crippen molar-refractivity contribution in [3.63, 3.8) is 0 Å². The second kappa shape index (κ2) is 18.8. The van der Waals surface area contributed by atoms with Gasteiger partial charge in [-0.25, -0.2) is 0 Å². The fourth-order valence-electron chi connectivity index (χ4n) is 10.9. The van der Waals surface area contributed by atoms with Crippen LogP contribution in [0.3, 0.4) is 0 Å². The predicted molar refractivity (Wildman–Crippen MR) is 218 cm³/mol. The van der Waals surface area contributed by atoms with Crippen molar-refractivity contribution in [2.75, 3.05) is 0 Å². The van der Waals surface area contributed by atoms with Gasteiger partial charge in [0.05, 0.1) is 0 Å². The third-order valence-corrected chi connectivity index (χ3v) is 13.7. The Hall–Kier alpha value is -0.0969.